The highest BCUT2D eigenvalue weighted by Gasteiger charge is 2.16. The molecule has 0 radical (unpaired) electrons. The molecule has 0 aromatic rings. The molecule has 0 bridgehead atoms. The molecule has 118 valence electrons. The second-order valence-corrected chi connectivity index (χ2v) is 5.62. The number of carbonyl (C=O) groups is 2. The van der Waals surface area contributed by atoms with Gasteiger partial charge in [0.15, 0.2) is 0 Å². The molecule has 0 aliphatic carbocycles. The minimum atomic E-state index is -0.228. The standard InChI is InChI=1S/C15H30N2O3/c1-12(2)13(9-10-16)7-8-14(18)17(3)11-5-6-15(19)20-4/h12-13H,5-11,16H2,1-4H3. The van der Waals surface area contributed by atoms with Crippen LogP contribution in [0.15, 0.2) is 0 Å². The Labute approximate surface area is 122 Å². The van der Waals surface area contributed by atoms with Crippen molar-refractivity contribution in [2.24, 2.45) is 17.6 Å². The summed E-state index contributed by atoms with van der Waals surface area (Å²) in [4.78, 5) is 24.7. The van der Waals surface area contributed by atoms with Crippen molar-refractivity contribution in [3.05, 3.63) is 0 Å². The van der Waals surface area contributed by atoms with Gasteiger partial charge < -0.3 is 15.4 Å². The van der Waals surface area contributed by atoms with Crippen molar-refractivity contribution in [1.29, 1.82) is 0 Å². The van der Waals surface area contributed by atoms with Crippen LogP contribution in [0.4, 0.5) is 0 Å². The number of rotatable bonds is 10. The third-order valence-electron chi connectivity index (χ3n) is 3.74. The van der Waals surface area contributed by atoms with Gasteiger partial charge in [-0.15, -0.1) is 0 Å². The molecule has 0 saturated carbocycles. The van der Waals surface area contributed by atoms with Crippen molar-refractivity contribution in [3.63, 3.8) is 0 Å². The molecule has 0 saturated heterocycles. The van der Waals surface area contributed by atoms with Crippen LogP contribution >= 0.6 is 0 Å². The van der Waals surface area contributed by atoms with Crippen LogP contribution in [0.25, 0.3) is 0 Å². The normalized spacial score (nSPS) is 12.3. The summed E-state index contributed by atoms with van der Waals surface area (Å²) >= 11 is 0. The molecule has 0 heterocycles. The Morgan fingerprint density at radius 2 is 1.85 bits per heavy atom. The molecule has 5 nitrogen and oxygen atoms in total. The summed E-state index contributed by atoms with van der Waals surface area (Å²) in [5.41, 5.74) is 5.60. The quantitative estimate of drug-likeness (QED) is 0.622. The van der Waals surface area contributed by atoms with Crippen molar-refractivity contribution in [2.45, 2.75) is 46.0 Å². The van der Waals surface area contributed by atoms with Crippen LogP contribution in [-0.4, -0.2) is 44.0 Å². The molecule has 0 rings (SSSR count). The highest BCUT2D eigenvalue weighted by atomic mass is 16.5. The summed E-state index contributed by atoms with van der Waals surface area (Å²) in [5, 5.41) is 0. The maximum atomic E-state index is 12.0. The molecule has 0 aliphatic rings. The van der Waals surface area contributed by atoms with Crippen LogP contribution in [0.2, 0.25) is 0 Å². The summed E-state index contributed by atoms with van der Waals surface area (Å²) in [6, 6.07) is 0. The Kier molecular flexibility index (Phi) is 10.1. The van der Waals surface area contributed by atoms with Crippen LogP contribution in [0, 0.1) is 11.8 Å². The average molecular weight is 286 g/mol. The molecule has 1 amide bonds. The Hall–Kier alpha value is -1.10. The van der Waals surface area contributed by atoms with Gasteiger partial charge in [0.2, 0.25) is 5.91 Å². The minimum Gasteiger partial charge on any atom is -0.469 e. The Morgan fingerprint density at radius 1 is 1.20 bits per heavy atom. The number of esters is 1. The van der Waals surface area contributed by atoms with Crippen molar-refractivity contribution in [1.82, 2.24) is 4.90 Å². The molecule has 0 spiro atoms. The lowest BCUT2D eigenvalue weighted by Crippen LogP contribution is -2.29. The fraction of sp³-hybridized carbons (Fsp3) is 0.867. The van der Waals surface area contributed by atoms with Gasteiger partial charge in [-0.2, -0.15) is 0 Å². The van der Waals surface area contributed by atoms with E-state index < -0.39 is 0 Å². The number of amides is 1. The van der Waals surface area contributed by atoms with Crippen LogP contribution in [-0.2, 0) is 14.3 Å². The fourth-order valence-corrected chi connectivity index (χ4v) is 2.21. The van der Waals surface area contributed by atoms with E-state index in [1.807, 2.05) is 0 Å². The summed E-state index contributed by atoms with van der Waals surface area (Å²) < 4.78 is 4.57. The van der Waals surface area contributed by atoms with E-state index in [9.17, 15) is 9.59 Å². The summed E-state index contributed by atoms with van der Waals surface area (Å²) in [5.74, 6) is 0.967. The number of hydrogen-bond acceptors (Lipinski definition) is 4. The van der Waals surface area contributed by atoms with Crippen LogP contribution in [0.3, 0.4) is 0 Å². The monoisotopic (exact) mass is 286 g/mol. The van der Waals surface area contributed by atoms with Crippen molar-refractivity contribution in [2.75, 3.05) is 27.2 Å². The second kappa shape index (κ2) is 10.7. The van der Waals surface area contributed by atoms with Crippen LogP contribution in [0.1, 0.15) is 46.0 Å². The number of carbonyl (C=O) groups excluding carboxylic acids is 2. The summed E-state index contributed by atoms with van der Waals surface area (Å²) in [6.07, 6.45) is 3.41. The molecule has 1 unspecified atom stereocenters. The molecule has 5 heteroatoms. The third-order valence-corrected chi connectivity index (χ3v) is 3.74. The van der Waals surface area contributed by atoms with Crippen molar-refractivity contribution >= 4 is 11.9 Å². The molecule has 1 atom stereocenters. The second-order valence-electron chi connectivity index (χ2n) is 5.62. The predicted molar refractivity (Wildman–Crippen MR) is 80.1 cm³/mol. The number of hydrogen-bond donors (Lipinski definition) is 1. The summed E-state index contributed by atoms with van der Waals surface area (Å²) in [7, 11) is 3.16. The van der Waals surface area contributed by atoms with Crippen molar-refractivity contribution < 1.29 is 14.3 Å². The first kappa shape index (κ1) is 18.9. The predicted octanol–water partition coefficient (Wildman–Crippen LogP) is 1.80. The van der Waals surface area contributed by atoms with Gasteiger partial charge in [0, 0.05) is 26.4 Å². The lowest BCUT2D eigenvalue weighted by Gasteiger charge is -2.22. The zero-order valence-corrected chi connectivity index (χ0v) is 13.4. The molecular weight excluding hydrogens is 256 g/mol. The van der Waals surface area contributed by atoms with E-state index in [4.69, 9.17) is 5.73 Å². The molecule has 0 aliphatic heterocycles. The number of nitrogens with two attached hydrogens (primary N) is 1. The zero-order chi connectivity index (χ0) is 15.5. The minimum absolute atomic E-state index is 0.137. The van der Waals surface area contributed by atoms with Gasteiger partial charge in [0.05, 0.1) is 7.11 Å². The van der Waals surface area contributed by atoms with E-state index in [-0.39, 0.29) is 11.9 Å². The van der Waals surface area contributed by atoms with E-state index in [1.165, 1.54) is 7.11 Å². The van der Waals surface area contributed by atoms with Gasteiger partial charge in [0.25, 0.3) is 0 Å². The first-order valence-corrected chi connectivity index (χ1v) is 7.43. The smallest absolute Gasteiger partial charge is 0.305 e. The molecule has 20 heavy (non-hydrogen) atoms. The largest absolute Gasteiger partial charge is 0.469 e. The maximum Gasteiger partial charge on any atom is 0.305 e. The van der Waals surface area contributed by atoms with E-state index in [0.717, 1.165) is 12.8 Å². The number of methoxy groups -OCH3 is 1. The molecule has 0 aromatic carbocycles. The highest BCUT2D eigenvalue weighted by Crippen LogP contribution is 2.20. The van der Waals surface area contributed by atoms with Crippen molar-refractivity contribution in [3.8, 4) is 0 Å². The third kappa shape index (κ3) is 8.15. The molecular formula is C15H30N2O3. The molecule has 2 N–H and O–H groups in total. The van der Waals surface area contributed by atoms with Gasteiger partial charge in [-0.25, -0.2) is 0 Å². The number of ether oxygens (including phenoxy) is 1. The highest BCUT2D eigenvalue weighted by molar-refractivity contribution is 5.76. The number of nitrogens with zero attached hydrogens (tertiary/aromatic N) is 1. The molecule has 0 fully saturated rings. The summed E-state index contributed by atoms with van der Waals surface area (Å²) in [6.45, 7) is 5.61. The first-order chi connectivity index (χ1) is 9.42. The van der Waals surface area contributed by atoms with Gasteiger partial charge in [0.1, 0.15) is 0 Å². The lowest BCUT2D eigenvalue weighted by atomic mass is 9.88. The zero-order valence-electron chi connectivity index (χ0n) is 13.4. The van der Waals surface area contributed by atoms with E-state index in [2.05, 4.69) is 18.6 Å². The Bertz CT molecular complexity index is 293. The molecule has 0 aromatic heterocycles. The SMILES string of the molecule is COC(=O)CCCN(C)C(=O)CCC(CCN)C(C)C. The van der Waals surface area contributed by atoms with Crippen LogP contribution < -0.4 is 5.73 Å². The lowest BCUT2D eigenvalue weighted by molar-refractivity contribution is -0.141. The van der Waals surface area contributed by atoms with Gasteiger partial charge in [-0.05, 0) is 37.6 Å². The van der Waals surface area contributed by atoms with Gasteiger partial charge in [-0.1, -0.05) is 13.8 Å². The average Bonchev–Trinajstić information content (AvgIpc) is 2.42. The first-order valence-electron chi connectivity index (χ1n) is 7.43. The van der Waals surface area contributed by atoms with Gasteiger partial charge >= 0.3 is 5.97 Å². The van der Waals surface area contributed by atoms with E-state index in [0.29, 0.717) is 44.2 Å². The van der Waals surface area contributed by atoms with Gasteiger partial charge in [-0.3, -0.25) is 9.59 Å². The Balaban J connectivity index is 3.97. The fourth-order valence-electron chi connectivity index (χ4n) is 2.21. The van der Waals surface area contributed by atoms with Crippen LogP contribution in [0.5, 0.6) is 0 Å². The Morgan fingerprint density at radius 3 is 2.35 bits per heavy atom. The topological polar surface area (TPSA) is 72.6 Å². The maximum absolute atomic E-state index is 12.0. The van der Waals surface area contributed by atoms with E-state index in [1.54, 1.807) is 11.9 Å². The van der Waals surface area contributed by atoms with E-state index >= 15 is 0 Å².